The largest absolute Gasteiger partial charge is 0.490 e. The number of amides is 2. The van der Waals surface area contributed by atoms with Crippen LogP contribution in [0.2, 0.25) is 0 Å². The quantitative estimate of drug-likeness (QED) is 0.236. The molecule has 0 atom stereocenters. The number of benzene rings is 3. The lowest BCUT2D eigenvalue weighted by Gasteiger charge is -2.14. The molecule has 3 aromatic carbocycles. The maximum Gasteiger partial charge on any atom is 0.315 e. The minimum Gasteiger partial charge on any atom is -0.490 e. The molecule has 1 heterocycles. The number of hydrogen-bond donors (Lipinski definition) is 1. The van der Waals surface area contributed by atoms with Gasteiger partial charge in [0.1, 0.15) is 12.2 Å². The second-order valence-corrected chi connectivity index (χ2v) is 7.31. The normalized spacial score (nSPS) is 14.3. The molecule has 172 valence electrons. The molecule has 4 rings (SSSR count). The van der Waals surface area contributed by atoms with Crippen LogP contribution >= 0.6 is 0 Å². The number of hydrogen-bond acceptors (Lipinski definition) is 6. The van der Waals surface area contributed by atoms with Crippen LogP contribution in [-0.2, 0) is 16.2 Å². The summed E-state index contributed by atoms with van der Waals surface area (Å²) in [5, 5.41) is 13.0. The molecule has 0 aromatic heterocycles. The lowest BCUT2D eigenvalue weighted by atomic mass is 10.1. The zero-order chi connectivity index (χ0) is 24.1. The lowest BCUT2D eigenvalue weighted by Crippen LogP contribution is -2.35. The van der Waals surface area contributed by atoms with E-state index in [0.29, 0.717) is 5.69 Å². The molecule has 0 aliphatic carbocycles. The van der Waals surface area contributed by atoms with Crippen molar-refractivity contribution < 1.29 is 24.0 Å². The van der Waals surface area contributed by atoms with E-state index < -0.39 is 16.7 Å². The first kappa shape index (κ1) is 22.5. The van der Waals surface area contributed by atoms with Crippen molar-refractivity contribution in [2.24, 2.45) is 0 Å². The van der Waals surface area contributed by atoms with E-state index in [-0.39, 0.29) is 41.5 Å². The molecule has 34 heavy (non-hydrogen) atoms. The third kappa shape index (κ3) is 4.73. The van der Waals surface area contributed by atoms with E-state index in [0.717, 1.165) is 10.6 Å². The van der Waals surface area contributed by atoms with Crippen molar-refractivity contribution in [1.82, 2.24) is 5.43 Å². The molecule has 1 fully saturated rings. The van der Waals surface area contributed by atoms with Gasteiger partial charge in [-0.1, -0.05) is 48.5 Å². The number of anilines is 1. The standard InChI is InChI=1S/C25H21N3O6/c1-2-33-22-15-18(13-20-24(29)26-27(25(20)30)19-11-7-4-8-12-19)14-21(28(31)32)23(22)34-16-17-9-5-3-6-10-17/h3-15H,2,16H2,1H3,(H,26,29). The summed E-state index contributed by atoms with van der Waals surface area (Å²) >= 11 is 0. The average molecular weight is 459 g/mol. The second-order valence-electron chi connectivity index (χ2n) is 7.31. The molecule has 1 aliphatic rings. The van der Waals surface area contributed by atoms with Gasteiger partial charge in [0.25, 0.3) is 11.8 Å². The van der Waals surface area contributed by atoms with Gasteiger partial charge < -0.3 is 9.47 Å². The van der Waals surface area contributed by atoms with Gasteiger partial charge >= 0.3 is 5.69 Å². The average Bonchev–Trinajstić information content (AvgIpc) is 3.13. The Kier molecular flexibility index (Phi) is 6.54. The van der Waals surface area contributed by atoms with E-state index in [4.69, 9.17) is 9.47 Å². The SMILES string of the molecule is CCOc1cc(C=C2C(=O)NN(c3ccccc3)C2=O)cc([N+](=O)[O-])c1OCc1ccccc1. The highest BCUT2D eigenvalue weighted by atomic mass is 16.6. The van der Waals surface area contributed by atoms with Crippen LogP contribution in [0.5, 0.6) is 11.5 Å². The van der Waals surface area contributed by atoms with E-state index in [1.54, 1.807) is 37.3 Å². The van der Waals surface area contributed by atoms with Crippen molar-refractivity contribution in [3.63, 3.8) is 0 Å². The molecule has 3 aromatic rings. The number of para-hydroxylation sites is 1. The number of carbonyl (C=O) groups excluding carboxylic acids is 2. The fourth-order valence-electron chi connectivity index (χ4n) is 3.45. The maximum absolute atomic E-state index is 12.9. The van der Waals surface area contributed by atoms with Gasteiger partial charge in [0, 0.05) is 6.07 Å². The van der Waals surface area contributed by atoms with E-state index in [9.17, 15) is 19.7 Å². The van der Waals surface area contributed by atoms with Crippen molar-refractivity contribution in [1.29, 1.82) is 0 Å². The Labute approximate surface area is 195 Å². The van der Waals surface area contributed by atoms with Gasteiger partial charge in [-0.3, -0.25) is 25.1 Å². The Morgan fingerprint density at radius 1 is 1.00 bits per heavy atom. The molecule has 1 saturated heterocycles. The van der Waals surface area contributed by atoms with E-state index in [2.05, 4.69) is 5.43 Å². The van der Waals surface area contributed by atoms with Gasteiger partial charge in [0.2, 0.25) is 5.75 Å². The first-order chi connectivity index (χ1) is 16.5. The second kappa shape index (κ2) is 9.86. The summed E-state index contributed by atoms with van der Waals surface area (Å²) in [6.07, 6.45) is 1.30. The van der Waals surface area contributed by atoms with Crippen molar-refractivity contribution in [2.75, 3.05) is 11.6 Å². The molecule has 1 N–H and O–H groups in total. The summed E-state index contributed by atoms with van der Waals surface area (Å²) in [6, 6.07) is 20.6. The van der Waals surface area contributed by atoms with Crippen molar-refractivity contribution >= 4 is 29.3 Å². The minimum atomic E-state index is -0.612. The molecule has 0 unspecified atom stereocenters. The molecule has 0 bridgehead atoms. The van der Waals surface area contributed by atoms with Crippen LogP contribution in [0.4, 0.5) is 11.4 Å². The van der Waals surface area contributed by atoms with Gasteiger partial charge in [0.15, 0.2) is 5.75 Å². The number of nitro groups is 1. The fraction of sp³-hybridized carbons (Fsp3) is 0.120. The Morgan fingerprint density at radius 3 is 2.32 bits per heavy atom. The molecule has 0 saturated carbocycles. The lowest BCUT2D eigenvalue weighted by molar-refractivity contribution is -0.386. The summed E-state index contributed by atoms with van der Waals surface area (Å²) < 4.78 is 11.4. The molecular weight excluding hydrogens is 438 g/mol. The number of nitrogens with zero attached hydrogens (tertiary/aromatic N) is 2. The van der Waals surface area contributed by atoms with Gasteiger partial charge in [-0.2, -0.15) is 0 Å². The summed E-state index contributed by atoms with van der Waals surface area (Å²) in [5.41, 5.74) is 3.60. The monoisotopic (exact) mass is 459 g/mol. The molecular formula is C25H21N3O6. The van der Waals surface area contributed by atoms with Gasteiger partial charge in [0.05, 0.1) is 17.2 Å². The molecule has 2 amide bonds. The van der Waals surface area contributed by atoms with Crippen LogP contribution in [0.1, 0.15) is 18.1 Å². The number of nitrogens with one attached hydrogen (secondary N) is 1. The first-order valence-electron chi connectivity index (χ1n) is 10.5. The van der Waals surface area contributed by atoms with Gasteiger partial charge in [-0.05, 0) is 42.3 Å². The number of nitro benzene ring substituents is 1. The highest BCUT2D eigenvalue weighted by Gasteiger charge is 2.34. The third-order valence-corrected chi connectivity index (χ3v) is 5.00. The molecule has 1 aliphatic heterocycles. The smallest absolute Gasteiger partial charge is 0.315 e. The minimum absolute atomic E-state index is 0.0223. The van der Waals surface area contributed by atoms with Crippen molar-refractivity contribution in [3.05, 3.63) is 99.6 Å². The summed E-state index contributed by atoms with van der Waals surface area (Å²) in [7, 11) is 0. The Bertz CT molecular complexity index is 1260. The maximum atomic E-state index is 12.9. The van der Waals surface area contributed by atoms with E-state index in [1.165, 1.54) is 18.2 Å². The van der Waals surface area contributed by atoms with Gasteiger partial charge in [-0.25, -0.2) is 5.01 Å². The zero-order valence-electron chi connectivity index (χ0n) is 18.3. The summed E-state index contributed by atoms with van der Waals surface area (Å²) in [6.45, 7) is 2.08. The fourth-order valence-corrected chi connectivity index (χ4v) is 3.45. The third-order valence-electron chi connectivity index (χ3n) is 5.00. The van der Waals surface area contributed by atoms with Crippen LogP contribution in [0.25, 0.3) is 6.08 Å². The number of hydrazine groups is 1. The van der Waals surface area contributed by atoms with E-state index in [1.807, 2.05) is 30.3 Å². The first-order valence-corrected chi connectivity index (χ1v) is 10.5. The van der Waals surface area contributed by atoms with Gasteiger partial charge in [-0.15, -0.1) is 0 Å². The Morgan fingerprint density at radius 2 is 1.68 bits per heavy atom. The number of ether oxygens (including phenoxy) is 2. The molecule has 0 spiro atoms. The van der Waals surface area contributed by atoms with Crippen LogP contribution < -0.4 is 19.9 Å². The molecule has 9 nitrogen and oxygen atoms in total. The predicted molar refractivity (Wildman–Crippen MR) is 125 cm³/mol. The summed E-state index contributed by atoms with van der Waals surface area (Å²) in [5.74, 6) is -1.06. The highest BCUT2D eigenvalue weighted by molar-refractivity contribution is 6.31. The van der Waals surface area contributed by atoms with Crippen LogP contribution in [0, 0.1) is 10.1 Å². The van der Waals surface area contributed by atoms with Crippen molar-refractivity contribution in [2.45, 2.75) is 13.5 Å². The van der Waals surface area contributed by atoms with Crippen LogP contribution in [0.15, 0.2) is 78.4 Å². The van der Waals surface area contributed by atoms with E-state index >= 15 is 0 Å². The topological polar surface area (TPSA) is 111 Å². The number of rotatable bonds is 8. The van der Waals surface area contributed by atoms with Crippen molar-refractivity contribution in [3.8, 4) is 11.5 Å². The van der Waals surface area contributed by atoms with Crippen LogP contribution in [-0.4, -0.2) is 23.3 Å². The Balaban J connectivity index is 1.69. The number of carbonyl (C=O) groups is 2. The predicted octanol–water partition coefficient (Wildman–Crippen LogP) is 4.03. The molecule has 9 heteroatoms. The highest BCUT2D eigenvalue weighted by Crippen LogP contribution is 2.40. The van der Waals surface area contributed by atoms with Crippen LogP contribution in [0.3, 0.4) is 0 Å². The molecule has 0 radical (unpaired) electrons. The Hall–Kier alpha value is -4.66. The summed E-state index contributed by atoms with van der Waals surface area (Å²) in [4.78, 5) is 36.6. The zero-order valence-corrected chi connectivity index (χ0v) is 18.3.